The summed E-state index contributed by atoms with van der Waals surface area (Å²) in [4.78, 5) is 43.8. The van der Waals surface area contributed by atoms with E-state index in [9.17, 15) is 14.4 Å². The molecular formula is C26H32N2O5. The second kappa shape index (κ2) is 9.65. The van der Waals surface area contributed by atoms with E-state index >= 15 is 0 Å². The maximum atomic E-state index is 13.5. The van der Waals surface area contributed by atoms with Gasteiger partial charge in [-0.2, -0.15) is 0 Å². The lowest BCUT2D eigenvalue weighted by Gasteiger charge is -2.45. The van der Waals surface area contributed by atoms with Gasteiger partial charge in [0.2, 0.25) is 0 Å². The molecule has 2 aromatic carbocycles. The molecule has 3 rings (SSSR count). The molecule has 0 heterocycles. The molecule has 0 bridgehead atoms. The average Bonchev–Trinajstić information content (AvgIpc) is 2.82. The summed E-state index contributed by atoms with van der Waals surface area (Å²) >= 11 is 0. The topological polar surface area (TPSA) is 76.2 Å². The van der Waals surface area contributed by atoms with Crippen LogP contribution < -0.4 is 9.80 Å². The highest BCUT2D eigenvalue weighted by Crippen LogP contribution is 2.55. The van der Waals surface area contributed by atoms with E-state index in [0.717, 1.165) is 22.5 Å². The third-order valence-corrected chi connectivity index (χ3v) is 6.63. The van der Waals surface area contributed by atoms with Crippen LogP contribution in [0.2, 0.25) is 0 Å². The molecule has 0 saturated heterocycles. The van der Waals surface area contributed by atoms with Crippen molar-refractivity contribution < 1.29 is 23.9 Å². The van der Waals surface area contributed by atoms with Crippen molar-refractivity contribution in [3.63, 3.8) is 0 Å². The maximum absolute atomic E-state index is 13.5. The number of benzene rings is 2. The van der Waals surface area contributed by atoms with E-state index in [0.29, 0.717) is 0 Å². The number of carbonyl (C=O) groups excluding carboxylic acids is 3. The minimum atomic E-state index is -1.68. The van der Waals surface area contributed by atoms with Gasteiger partial charge in [-0.1, -0.05) is 24.3 Å². The summed E-state index contributed by atoms with van der Waals surface area (Å²) in [5.41, 5.74) is 1.70. The van der Waals surface area contributed by atoms with Gasteiger partial charge >= 0.3 is 11.9 Å². The first-order chi connectivity index (χ1) is 15.7. The number of ketones is 1. The number of hydrogen-bond acceptors (Lipinski definition) is 7. The van der Waals surface area contributed by atoms with Gasteiger partial charge in [-0.3, -0.25) is 14.4 Å². The smallest absolute Gasteiger partial charge is 0.324 e. The quantitative estimate of drug-likeness (QED) is 0.491. The van der Waals surface area contributed by atoms with E-state index in [1.54, 1.807) is 0 Å². The number of anilines is 2. The summed E-state index contributed by atoms with van der Waals surface area (Å²) in [5.74, 6) is -2.82. The molecule has 0 aliphatic heterocycles. The van der Waals surface area contributed by atoms with Gasteiger partial charge in [-0.15, -0.1) is 0 Å². The van der Waals surface area contributed by atoms with Crippen molar-refractivity contribution in [2.45, 2.75) is 24.7 Å². The molecule has 0 spiro atoms. The van der Waals surface area contributed by atoms with Gasteiger partial charge in [0.1, 0.15) is 5.78 Å². The number of Topliss-reactive ketones (excluding diaryl/α,β-unsaturated/α-hetero) is 1. The number of hydrogen-bond donors (Lipinski definition) is 0. The first-order valence-corrected chi connectivity index (χ1v) is 10.9. The molecule has 1 aliphatic carbocycles. The molecule has 0 radical (unpaired) electrons. The third-order valence-electron chi connectivity index (χ3n) is 6.63. The van der Waals surface area contributed by atoms with E-state index in [1.807, 2.05) is 86.5 Å². The Morgan fingerprint density at radius 1 is 0.727 bits per heavy atom. The van der Waals surface area contributed by atoms with Gasteiger partial charge in [0.05, 0.1) is 14.2 Å². The Labute approximate surface area is 195 Å². The molecular weight excluding hydrogens is 420 g/mol. The van der Waals surface area contributed by atoms with Crippen molar-refractivity contribution in [1.29, 1.82) is 0 Å². The van der Waals surface area contributed by atoms with Crippen LogP contribution >= 0.6 is 0 Å². The first-order valence-electron chi connectivity index (χ1n) is 10.9. The van der Waals surface area contributed by atoms with Crippen LogP contribution in [0.4, 0.5) is 11.4 Å². The number of carbonyl (C=O) groups is 3. The SMILES string of the molecule is COC(=O)C1(C(=O)OC)C(c2ccc(N(C)C)cc2)CC(=O)CC1c1ccc(N(C)C)cc1. The second-order valence-corrected chi connectivity index (χ2v) is 8.88. The molecule has 7 heteroatoms. The Hall–Kier alpha value is -3.35. The van der Waals surface area contributed by atoms with Crippen molar-refractivity contribution >= 4 is 29.1 Å². The molecule has 2 atom stereocenters. The Morgan fingerprint density at radius 3 is 1.33 bits per heavy atom. The molecule has 2 aromatic rings. The zero-order valence-electron chi connectivity index (χ0n) is 20.1. The zero-order chi connectivity index (χ0) is 24.3. The van der Waals surface area contributed by atoms with Crippen molar-refractivity contribution in [3.05, 3.63) is 59.7 Å². The normalized spacial score (nSPS) is 19.5. The molecule has 1 aliphatic rings. The van der Waals surface area contributed by atoms with Crippen LogP contribution in [0.25, 0.3) is 0 Å². The average molecular weight is 453 g/mol. The molecule has 176 valence electrons. The van der Waals surface area contributed by atoms with E-state index in [-0.39, 0.29) is 18.6 Å². The minimum absolute atomic E-state index is 0.0122. The van der Waals surface area contributed by atoms with Gasteiger partial charge in [0, 0.05) is 64.2 Å². The predicted molar refractivity (Wildman–Crippen MR) is 128 cm³/mol. The third kappa shape index (κ3) is 4.32. The summed E-state index contributed by atoms with van der Waals surface area (Å²) < 4.78 is 10.4. The van der Waals surface area contributed by atoms with Crippen molar-refractivity contribution in [1.82, 2.24) is 0 Å². The second-order valence-electron chi connectivity index (χ2n) is 8.88. The number of esters is 2. The van der Waals surface area contributed by atoms with Gasteiger partial charge in [0.25, 0.3) is 0 Å². The summed E-state index contributed by atoms with van der Waals surface area (Å²) in [6.45, 7) is 0. The van der Waals surface area contributed by atoms with Gasteiger partial charge < -0.3 is 19.3 Å². The summed E-state index contributed by atoms with van der Waals surface area (Å²) in [7, 11) is 10.3. The van der Waals surface area contributed by atoms with Crippen LogP contribution in [-0.4, -0.2) is 60.1 Å². The lowest BCUT2D eigenvalue weighted by atomic mass is 9.56. The fourth-order valence-electron chi connectivity index (χ4n) is 4.86. The standard InChI is InChI=1S/C26H32N2O5/c1-27(2)19-11-7-17(8-12-19)22-15-21(29)16-23(18-9-13-20(14-10-18)28(3)4)26(22,24(30)32-5)25(31)33-6/h7-14,22-23H,15-16H2,1-6H3. The van der Waals surface area contributed by atoms with Crippen LogP contribution in [0.1, 0.15) is 35.8 Å². The first kappa shape index (κ1) is 24.3. The fraction of sp³-hybridized carbons (Fsp3) is 0.423. The number of rotatable bonds is 6. The Kier molecular flexibility index (Phi) is 7.10. The van der Waals surface area contributed by atoms with Crippen LogP contribution in [0.5, 0.6) is 0 Å². The van der Waals surface area contributed by atoms with E-state index in [4.69, 9.17) is 9.47 Å². The lowest BCUT2D eigenvalue weighted by molar-refractivity contribution is -0.175. The Balaban J connectivity index is 2.23. The van der Waals surface area contributed by atoms with Gasteiger partial charge in [-0.05, 0) is 35.4 Å². The van der Waals surface area contributed by atoms with Crippen LogP contribution in [0.3, 0.4) is 0 Å². The lowest BCUT2D eigenvalue weighted by Crippen LogP contribution is -2.54. The minimum Gasteiger partial charge on any atom is -0.468 e. The van der Waals surface area contributed by atoms with E-state index in [2.05, 4.69) is 0 Å². The highest BCUT2D eigenvalue weighted by Gasteiger charge is 2.63. The molecule has 33 heavy (non-hydrogen) atoms. The summed E-state index contributed by atoms with van der Waals surface area (Å²) in [6, 6.07) is 15.1. The van der Waals surface area contributed by atoms with Gasteiger partial charge in [-0.25, -0.2) is 0 Å². The Morgan fingerprint density at radius 2 is 1.06 bits per heavy atom. The predicted octanol–water partition coefficient (Wildman–Crippen LogP) is 3.38. The molecule has 0 aromatic heterocycles. The van der Waals surface area contributed by atoms with Crippen molar-refractivity contribution in [2.24, 2.45) is 5.41 Å². The molecule has 0 N–H and O–H groups in total. The van der Waals surface area contributed by atoms with E-state index in [1.165, 1.54) is 14.2 Å². The number of methoxy groups -OCH3 is 2. The van der Waals surface area contributed by atoms with Crippen molar-refractivity contribution in [3.8, 4) is 0 Å². The molecule has 7 nitrogen and oxygen atoms in total. The Bertz CT molecular complexity index is 930. The number of ether oxygens (including phenoxy) is 2. The monoisotopic (exact) mass is 452 g/mol. The zero-order valence-corrected chi connectivity index (χ0v) is 20.1. The van der Waals surface area contributed by atoms with Crippen LogP contribution in [-0.2, 0) is 23.9 Å². The molecule has 2 unspecified atom stereocenters. The van der Waals surface area contributed by atoms with Crippen molar-refractivity contribution in [2.75, 3.05) is 52.2 Å². The molecule has 0 amide bonds. The van der Waals surface area contributed by atoms with E-state index < -0.39 is 29.2 Å². The highest BCUT2D eigenvalue weighted by atomic mass is 16.5. The molecule has 1 saturated carbocycles. The summed E-state index contributed by atoms with van der Waals surface area (Å²) in [5, 5.41) is 0. The number of nitrogens with zero attached hydrogens (tertiary/aromatic N) is 2. The largest absolute Gasteiger partial charge is 0.468 e. The van der Waals surface area contributed by atoms with Gasteiger partial charge in [0.15, 0.2) is 5.41 Å². The fourth-order valence-corrected chi connectivity index (χ4v) is 4.86. The van der Waals surface area contributed by atoms with Crippen LogP contribution in [0.15, 0.2) is 48.5 Å². The highest BCUT2D eigenvalue weighted by molar-refractivity contribution is 6.05. The summed E-state index contributed by atoms with van der Waals surface area (Å²) in [6.07, 6.45) is 0.107. The maximum Gasteiger partial charge on any atom is 0.324 e. The van der Waals surface area contributed by atoms with Crippen LogP contribution in [0, 0.1) is 5.41 Å². The molecule has 1 fully saturated rings.